The van der Waals surface area contributed by atoms with Crippen LogP contribution in [0.1, 0.15) is 30.1 Å². The van der Waals surface area contributed by atoms with Gasteiger partial charge >= 0.3 is 5.97 Å². The van der Waals surface area contributed by atoms with Gasteiger partial charge in [0.1, 0.15) is 5.75 Å². The Morgan fingerprint density at radius 2 is 1.72 bits per heavy atom. The molecule has 0 radical (unpaired) electrons. The fourth-order valence-electron chi connectivity index (χ4n) is 2.98. The number of amides is 1. The highest BCUT2D eigenvalue weighted by Gasteiger charge is 2.31. The number of hydrogen-bond donors (Lipinski definition) is 0. The molecule has 1 aliphatic heterocycles. The molecule has 1 fully saturated rings. The van der Waals surface area contributed by atoms with E-state index in [0.29, 0.717) is 42.5 Å². The number of carbonyl (C=O) groups excluding carboxylic acids is 2. The molecule has 7 heteroatoms. The topological polar surface area (TPSA) is 74.3 Å². The summed E-state index contributed by atoms with van der Waals surface area (Å²) in [7, 11) is 4.53. The molecule has 7 nitrogen and oxygen atoms in total. The average Bonchev–Trinajstić information content (AvgIpc) is 2.66. The maximum Gasteiger partial charge on any atom is 0.310 e. The summed E-state index contributed by atoms with van der Waals surface area (Å²) in [5, 5.41) is 0. The van der Waals surface area contributed by atoms with E-state index in [4.69, 9.17) is 18.9 Å². The predicted octanol–water partition coefficient (Wildman–Crippen LogP) is 2.13. The van der Waals surface area contributed by atoms with Gasteiger partial charge in [0.2, 0.25) is 0 Å². The van der Waals surface area contributed by atoms with E-state index in [1.54, 1.807) is 24.0 Å². The number of hydrogen-bond acceptors (Lipinski definition) is 6. The van der Waals surface area contributed by atoms with E-state index in [9.17, 15) is 9.59 Å². The van der Waals surface area contributed by atoms with Crippen molar-refractivity contribution in [3.63, 3.8) is 0 Å². The average molecular weight is 351 g/mol. The molecule has 1 aliphatic rings. The molecule has 0 N–H and O–H groups in total. The standard InChI is InChI=1S/C18H25NO6/c1-5-25-18(21)12-7-6-8-19(11-12)17(20)13-9-15(23-3)16(24-4)10-14(13)22-2/h9-10,12H,5-8,11H2,1-4H3. The van der Waals surface area contributed by atoms with E-state index in [2.05, 4.69) is 0 Å². The van der Waals surface area contributed by atoms with Gasteiger partial charge in [-0.1, -0.05) is 0 Å². The van der Waals surface area contributed by atoms with Crippen LogP contribution < -0.4 is 14.2 Å². The van der Waals surface area contributed by atoms with Crippen LogP contribution in [0.2, 0.25) is 0 Å². The van der Waals surface area contributed by atoms with Crippen molar-refractivity contribution in [2.45, 2.75) is 19.8 Å². The van der Waals surface area contributed by atoms with Crippen LogP contribution in [0, 0.1) is 5.92 Å². The lowest BCUT2D eigenvalue weighted by Gasteiger charge is -2.32. The van der Waals surface area contributed by atoms with Crippen LogP contribution in [0.25, 0.3) is 0 Å². The van der Waals surface area contributed by atoms with Crippen molar-refractivity contribution < 1.29 is 28.5 Å². The number of ether oxygens (including phenoxy) is 4. The van der Waals surface area contributed by atoms with Gasteiger partial charge in [0.05, 0.1) is 39.4 Å². The Morgan fingerprint density at radius 1 is 1.08 bits per heavy atom. The Labute approximate surface area is 147 Å². The van der Waals surface area contributed by atoms with Gasteiger partial charge in [0.15, 0.2) is 11.5 Å². The van der Waals surface area contributed by atoms with Gasteiger partial charge in [-0.2, -0.15) is 0 Å². The second-order valence-corrected chi connectivity index (χ2v) is 5.75. The minimum atomic E-state index is -0.288. The number of carbonyl (C=O) groups is 2. The van der Waals surface area contributed by atoms with Crippen LogP contribution in [0.3, 0.4) is 0 Å². The maximum absolute atomic E-state index is 13.0. The Hall–Kier alpha value is -2.44. The number of piperidine rings is 1. The van der Waals surface area contributed by atoms with Crippen molar-refractivity contribution in [2.75, 3.05) is 41.0 Å². The van der Waals surface area contributed by atoms with Crippen molar-refractivity contribution in [3.8, 4) is 17.2 Å². The normalized spacial score (nSPS) is 17.0. The van der Waals surface area contributed by atoms with E-state index >= 15 is 0 Å². The third kappa shape index (κ3) is 4.15. The summed E-state index contributed by atoms with van der Waals surface area (Å²) in [6.07, 6.45) is 1.48. The zero-order valence-electron chi connectivity index (χ0n) is 15.2. The number of benzene rings is 1. The molecule has 1 aromatic rings. The first-order valence-electron chi connectivity index (χ1n) is 8.31. The first kappa shape index (κ1) is 18.9. The zero-order chi connectivity index (χ0) is 18.4. The quantitative estimate of drug-likeness (QED) is 0.731. The second-order valence-electron chi connectivity index (χ2n) is 5.75. The minimum Gasteiger partial charge on any atom is -0.496 e. The van der Waals surface area contributed by atoms with Gasteiger partial charge in [-0.25, -0.2) is 0 Å². The molecule has 0 saturated carbocycles. The van der Waals surface area contributed by atoms with E-state index in [-0.39, 0.29) is 17.8 Å². The summed E-state index contributed by atoms with van der Waals surface area (Å²) >= 11 is 0. The minimum absolute atomic E-state index is 0.202. The lowest BCUT2D eigenvalue weighted by molar-refractivity contribution is -0.149. The molecule has 2 rings (SSSR count). The molecule has 1 saturated heterocycles. The summed E-state index contributed by atoms with van der Waals surface area (Å²) in [4.78, 5) is 26.6. The molecule has 1 amide bonds. The van der Waals surface area contributed by atoms with E-state index in [0.717, 1.165) is 12.8 Å². The van der Waals surface area contributed by atoms with Crippen molar-refractivity contribution in [3.05, 3.63) is 17.7 Å². The molecule has 1 aromatic carbocycles. The Bertz CT molecular complexity index is 630. The van der Waals surface area contributed by atoms with Gasteiger partial charge < -0.3 is 23.8 Å². The smallest absolute Gasteiger partial charge is 0.310 e. The molecule has 1 unspecified atom stereocenters. The van der Waals surface area contributed by atoms with Gasteiger partial charge in [-0.05, 0) is 19.8 Å². The summed E-state index contributed by atoms with van der Waals surface area (Å²) in [5.41, 5.74) is 0.379. The molecule has 138 valence electrons. The Balaban J connectivity index is 2.25. The van der Waals surface area contributed by atoms with Crippen molar-refractivity contribution >= 4 is 11.9 Å². The van der Waals surface area contributed by atoms with Gasteiger partial charge in [-0.3, -0.25) is 9.59 Å². The predicted molar refractivity (Wildman–Crippen MR) is 91.4 cm³/mol. The molecule has 0 bridgehead atoms. The van der Waals surface area contributed by atoms with Crippen molar-refractivity contribution in [1.82, 2.24) is 4.90 Å². The summed E-state index contributed by atoms with van der Waals surface area (Å²) in [5.74, 6) is 0.598. The number of esters is 1. The van der Waals surface area contributed by atoms with E-state index < -0.39 is 0 Å². The number of nitrogens with zero attached hydrogens (tertiary/aromatic N) is 1. The lowest BCUT2D eigenvalue weighted by atomic mass is 9.97. The Kier molecular flexibility index (Phi) is 6.50. The first-order chi connectivity index (χ1) is 12.0. The molecule has 25 heavy (non-hydrogen) atoms. The molecular formula is C18H25NO6. The fourth-order valence-corrected chi connectivity index (χ4v) is 2.98. The molecule has 1 atom stereocenters. The van der Waals surface area contributed by atoms with Crippen molar-refractivity contribution in [1.29, 1.82) is 0 Å². The van der Waals surface area contributed by atoms with Gasteiger partial charge in [0, 0.05) is 25.2 Å². The van der Waals surface area contributed by atoms with E-state index in [1.807, 2.05) is 0 Å². The van der Waals surface area contributed by atoms with Gasteiger partial charge in [-0.15, -0.1) is 0 Å². The first-order valence-corrected chi connectivity index (χ1v) is 8.31. The van der Waals surface area contributed by atoms with Crippen LogP contribution in [0.5, 0.6) is 17.2 Å². The number of likely N-dealkylation sites (tertiary alicyclic amines) is 1. The van der Waals surface area contributed by atoms with Crippen LogP contribution in [-0.2, 0) is 9.53 Å². The second kappa shape index (κ2) is 8.60. The Morgan fingerprint density at radius 3 is 2.32 bits per heavy atom. The third-order valence-electron chi connectivity index (χ3n) is 4.26. The zero-order valence-corrected chi connectivity index (χ0v) is 15.2. The van der Waals surface area contributed by atoms with Crippen molar-refractivity contribution in [2.24, 2.45) is 5.92 Å². The lowest BCUT2D eigenvalue weighted by Crippen LogP contribution is -2.42. The number of methoxy groups -OCH3 is 3. The highest BCUT2D eigenvalue weighted by molar-refractivity contribution is 5.98. The summed E-state index contributed by atoms with van der Waals surface area (Å²) < 4.78 is 20.9. The third-order valence-corrected chi connectivity index (χ3v) is 4.26. The SMILES string of the molecule is CCOC(=O)C1CCCN(C(=O)c2cc(OC)c(OC)cc2OC)C1. The fraction of sp³-hybridized carbons (Fsp3) is 0.556. The molecule has 1 heterocycles. The molecule has 0 spiro atoms. The van der Waals surface area contributed by atoms with Crippen LogP contribution in [0.4, 0.5) is 0 Å². The van der Waals surface area contributed by atoms with Crippen LogP contribution in [-0.4, -0.2) is 57.8 Å². The summed E-state index contributed by atoms with van der Waals surface area (Å²) in [6.45, 7) is 3.05. The monoisotopic (exact) mass is 351 g/mol. The van der Waals surface area contributed by atoms with E-state index in [1.165, 1.54) is 21.3 Å². The maximum atomic E-state index is 13.0. The molecular weight excluding hydrogens is 326 g/mol. The number of rotatable bonds is 6. The van der Waals surface area contributed by atoms with Crippen LogP contribution in [0.15, 0.2) is 12.1 Å². The molecule has 0 aliphatic carbocycles. The highest BCUT2D eigenvalue weighted by Crippen LogP contribution is 2.35. The van der Waals surface area contributed by atoms with Gasteiger partial charge in [0.25, 0.3) is 5.91 Å². The highest BCUT2D eigenvalue weighted by atomic mass is 16.5. The summed E-state index contributed by atoms with van der Waals surface area (Å²) in [6, 6.07) is 3.23. The van der Waals surface area contributed by atoms with Crippen LogP contribution >= 0.6 is 0 Å². The largest absolute Gasteiger partial charge is 0.496 e. The molecule has 0 aromatic heterocycles.